The van der Waals surface area contributed by atoms with Crippen LogP contribution in [0.2, 0.25) is 10.0 Å². The van der Waals surface area contributed by atoms with Gasteiger partial charge in [0.1, 0.15) is 16.6 Å². The Hall–Kier alpha value is -1.85. The lowest BCUT2D eigenvalue weighted by Gasteiger charge is -2.07. The third kappa shape index (κ3) is 3.13. The second kappa shape index (κ2) is 5.42. The van der Waals surface area contributed by atoms with Crippen LogP contribution in [0, 0.1) is 5.82 Å². The maximum atomic E-state index is 13.4. The molecular weight excluding hydrogens is 296 g/mol. The number of pyridine rings is 1. The molecule has 2 rings (SSSR count). The molecule has 0 aliphatic rings. The molecule has 1 N–H and O–H groups in total. The van der Waals surface area contributed by atoms with Crippen molar-refractivity contribution in [2.24, 2.45) is 0 Å². The highest BCUT2D eigenvalue weighted by Crippen LogP contribution is 2.29. The molecule has 0 fully saturated rings. The maximum absolute atomic E-state index is 13.4. The molecule has 0 saturated carbocycles. The first-order chi connectivity index (χ1) is 8.97. The monoisotopic (exact) mass is 301 g/mol. The highest BCUT2D eigenvalue weighted by Gasteiger charge is 2.12. The fourth-order valence-electron chi connectivity index (χ4n) is 1.32. The number of ether oxygens (including phenoxy) is 1. The average molecular weight is 302 g/mol. The molecule has 1 heterocycles. The lowest BCUT2D eigenvalue weighted by atomic mass is 10.2. The van der Waals surface area contributed by atoms with Crippen LogP contribution in [0.1, 0.15) is 10.4 Å². The summed E-state index contributed by atoms with van der Waals surface area (Å²) >= 11 is 11.5. The van der Waals surface area contributed by atoms with E-state index in [9.17, 15) is 9.18 Å². The van der Waals surface area contributed by atoms with Gasteiger partial charge in [0.05, 0.1) is 10.6 Å². The zero-order valence-corrected chi connectivity index (χ0v) is 10.7. The number of rotatable bonds is 3. The summed E-state index contributed by atoms with van der Waals surface area (Å²) in [7, 11) is 0. The van der Waals surface area contributed by atoms with Gasteiger partial charge in [-0.2, -0.15) is 0 Å². The van der Waals surface area contributed by atoms with Crippen LogP contribution in [0.3, 0.4) is 0 Å². The van der Waals surface area contributed by atoms with Gasteiger partial charge in [-0.3, -0.25) is 0 Å². The highest BCUT2D eigenvalue weighted by atomic mass is 35.5. The Morgan fingerprint density at radius 3 is 2.63 bits per heavy atom. The van der Waals surface area contributed by atoms with Gasteiger partial charge in [-0.1, -0.05) is 23.2 Å². The van der Waals surface area contributed by atoms with E-state index in [1.54, 1.807) is 0 Å². The lowest BCUT2D eigenvalue weighted by Crippen LogP contribution is -2.00. The number of carbonyl (C=O) groups is 1. The van der Waals surface area contributed by atoms with E-state index in [4.69, 9.17) is 33.0 Å². The van der Waals surface area contributed by atoms with E-state index in [1.807, 2.05) is 0 Å². The van der Waals surface area contributed by atoms with Crippen molar-refractivity contribution in [2.45, 2.75) is 0 Å². The summed E-state index contributed by atoms with van der Waals surface area (Å²) in [4.78, 5) is 14.5. The molecule has 0 aliphatic carbocycles. The molecule has 19 heavy (non-hydrogen) atoms. The van der Waals surface area contributed by atoms with Crippen molar-refractivity contribution in [3.63, 3.8) is 0 Å². The van der Waals surface area contributed by atoms with Gasteiger partial charge in [-0.05, 0) is 18.2 Å². The fraction of sp³-hybridized carbons (Fsp3) is 0. The molecule has 1 aromatic carbocycles. The number of halogens is 3. The molecule has 0 atom stereocenters. The normalized spacial score (nSPS) is 10.3. The first-order valence-electron chi connectivity index (χ1n) is 4.99. The zero-order valence-electron chi connectivity index (χ0n) is 9.23. The first kappa shape index (κ1) is 13.6. The molecule has 0 spiro atoms. The van der Waals surface area contributed by atoms with Gasteiger partial charge in [0, 0.05) is 12.3 Å². The molecular formula is C12H6Cl2FNO3. The Balaban J connectivity index is 2.29. The molecule has 0 saturated heterocycles. The molecule has 0 amide bonds. The number of aromatic nitrogens is 1. The van der Waals surface area contributed by atoms with Crippen molar-refractivity contribution >= 4 is 29.2 Å². The van der Waals surface area contributed by atoms with Crippen molar-refractivity contribution in [3.8, 4) is 11.6 Å². The van der Waals surface area contributed by atoms with E-state index >= 15 is 0 Å². The van der Waals surface area contributed by atoms with Crippen LogP contribution in [0.4, 0.5) is 4.39 Å². The maximum Gasteiger partial charge on any atom is 0.338 e. The Morgan fingerprint density at radius 1 is 1.32 bits per heavy atom. The number of benzene rings is 1. The highest BCUT2D eigenvalue weighted by molar-refractivity contribution is 6.35. The summed E-state index contributed by atoms with van der Waals surface area (Å²) in [5.74, 6) is -2.13. The SMILES string of the molecule is O=C(O)c1ccc(Oc2ncc(Cl)cc2Cl)cc1F. The van der Waals surface area contributed by atoms with E-state index in [2.05, 4.69) is 4.98 Å². The molecule has 0 aliphatic heterocycles. The second-order valence-electron chi connectivity index (χ2n) is 3.49. The van der Waals surface area contributed by atoms with Gasteiger partial charge in [0.25, 0.3) is 0 Å². The van der Waals surface area contributed by atoms with E-state index in [0.717, 1.165) is 12.1 Å². The Bertz CT molecular complexity index is 649. The van der Waals surface area contributed by atoms with Crippen LogP contribution in [-0.4, -0.2) is 16.1 Å². The fourth-order valence-corrected chi connectivity index (χ4v) is 1.74. The molecule has 4 nitrogen and oxygen atoms in total. The number of carboxylic acids is 1. The lowest BCUT2D eigenvalue weighted by molar-refractivity contribution is 0.0692. The van der Waals surface area contributed by atoms with Gasteiger partial charge in [-0.25, -0.2) is 14.2 Å². The third-order valence-corrected chi connectivity index (χ3v) is 2.64. The number of aromatic carboxylic acids is 1. The van der Waals surface area contributed by atoms with E-state index in [-0.39, 0.29) is 16.7 Å². The van der Waals surface area contributed by atoms with Crippen LogP contribution in [0.25, 0.3) is 0 Å². The van der Waals surface area contributed by atoms with Gasteiger partial charge in [0.2, 0.25) is 5.88 Å². The Labute approximate surface area is 117 Å². The van der Waals surface area contributed by atoms with Crippen molar-refractivity contribution in [2.75, 3.05) is 0 Å². The summed E-state index contributed by atoms with van der Waals surface area (Å²) in [6.45, 7) is 0. The minimum Gasteiger partial charge on any atom is -0.478 e. The van der Waals surface area contributed by atoms with Gasteiger partial charge in [-0.15, -0.1) is 0 Å². The topological polar surface area (TPSA) is 59.4 Å². The summed E-state index contributed by atoms with van der Waals surface area (Å²) < 4.78 is 18.7. The Kier molecular flexibility index (Phi) is 3.87. The largest absolute Gasteiger partial charge is 0.478 e. The number of hydrogen-bond acceptors (Lipinski definition) is 3. The van der Waals surface area contributed by atoms with E-state index in [0.29, 0.717) is 5.02 Å². The van der Waals surface area contributed by atoms with Crippen molar-refractivity contribution < 1.29 is 19.0 Å². The first-order valence-corrected chi connectivity index (χ1v) is 5.74. The molecule has 98 valence electrons. The smallest absolute Gasteiger partial charge is 0.338 e. The summed E-state index contributed by atoms with van der Waals surface area (Å²) in [6.07, 6.45) is 1.32. The van der Waals surface area contributed by atoms with Crippen molar-refractivity contribution in [1.82, 2.24) is 4.98 Å². The summed E-state index contributed by atoms with van der Waals surface area (Å²) in [5.41, 5.74) is -0.442. The minimum absolute atomic E-state index is 0.0496. The zero-order chi connectivity index (χ0) is 14.0. The summed E-state index contributed by atoms with van der Waals surface area (Å²) in [5, 5.41) is 9.19. The predicted octanol–water partition coefficient (Wildman–Crippen LogP) is 4.02. The van der Waals surface area contributed by atoms with Crippen molar-refractivity contribution in [1.29, 1.82) is 0 Å². The summed E-state index contributed by atoms with van der Waals surface area (Å²) in [6, 6.07) is 4.76. The number of nitrogens with zero attached hydrogens (tertiary/aromatic N) is 1. The van der Waals surface area contributed by atoms with Gasteiger partial charge >= 0.3 is 5.97 Å². The molecule has 0 unspecified atom stereocenters. The average Bonchev–Trinajstić information content (AvgIpc) is 2.32. The second-order valence-corrected chi connectivity index (χ2v) is 4.33. The molecule has 0 bridgehead atoms. The van der Waals surface area contributed by atoms with E-state index < -0.39 is 17.3 Å². The predicted molar refractivity (Wildman–Crippen MR) is 67.7 cm³/mol. The van der Waals surface area contributed by atoms with Gasteiger partial charge < -0.3 is 9.84 Å². The van der Waals surface area contributed by atoms with Crippen molar-refractivity contribution in [3.05, 3.63) is 51.9 Å². The minimum atomic E-state index is -1.35. The molecule has 7 heteroatoms. The third-order valence-electron chi connectivity index (χ3n) is 2.16. The standard InChI is InChI=1S/C12H6Cl2FNO3/c13-6-3-9(14)11(16-5-6)19-7-1-2-8(12(17)18)10(15)4-7/h1-5H,(H,17,18). The van der Waals surface area contributed by atoms with Gasteiger partial charge in [0.15, 0.2) is 0 Å². The van der Waals surface area contributed by atoms with E-state index in [1.165, 1.54) is 18.3 Å². The molecule has 1 aromatic heterocycles. The molecule has 0 radical (unpaired) electrons. The molecule has 2 aromatic rings. The quantitative estimate of drug-likeness (QED) is 0.930. The van der Waals surface area contributed by atoms with Crippen LogP contribution in [0.5, 0.6) is 11.6 Å². The van der Waals surface area contributed by atoms with Crippen LogP contribution >= 0.6 is 23.2 Å². The number of carboxylic acid groups (broad SMARTS) is 1. The number of hydrogen-bond donors (Lipinski definition) is 1. The van der Waals surface area contributed by atoms with Crippen LogP contribution in [-0.2, 0) is 0 Å². The van der Waals surface area contributed by atoms with Crippen LogP contribution < -0.4 is 4.74 Å². The van der Waals surface area contributed by atoms with Crippen LogP contribution in [0.15, 0.2) is 30.5 Å². The Morgan fingerprint density at radius 2 is 2.05 bits per heavy atom.